The third kappa shape index (κ3) is 7.49. The number of hydrogen-bond donors (Lipinski definition) is 2. The van der Waals surface area contributed by atoms with Gasteiger partial charge in [-0.1, -0.05) is 36.4 Å². The molecule has 7 heteroatoms. The number of rotatable bonds is 9. The van der Waals surface area contributed by atoms with Crippen LogP contribution < -0.4 is 20.3 Å². The van der Waals surface area contributed by atoms with Crippen LogP contribution in [-0.2, 0) is 11.3 Å². The van der Waals surface area contributed by atoms with Crippen molar-refractivity contribution in [3.63, 3.8) is 0 Å². The summed E-state index contributed by atoms with van der Waals surface area (Å²) in [4.78, 5) is 17.3. The number of nitrogens with one attached hydrogen (secondary N) is 2. The lowest BCUT2D eigenvalue weighted by molar-refractivity contribution is 0.0322. The van der Waals surface area contributed by atoms with E-state index in [9.17, 15) is 4.79 Å². The molecule has 2 heterocycles. The fraction of sp³-hybridized carbons (Fsp3) is 0.387. The standard InChI is InChI=1S/C31H38N4O3/c36-31(32-24-25-5-4-6-29(23-25)35-15-2-1-3-16-35)33-28-11-7-26(8-12-28)27-9-13-30(14-10-27)38-22-19-34-17-20-37-21-18-34/h4-14,23H,1-3,15-22,24H2,(H2,32,33,36). The van der Waals surface area contributed by atoms with Gasteiger partial charge in [0.05, 0.1) is 13.2 Å². The summed E-state index contributed by atoms with van der Waals surface area (Å²) in [6, 6.07) is 24.3. The van der Waals surface area contributed by atoms with E-state index in [2.05, 4.69) is 56.8 Å². The predicted octanol–water partition coefficient (Wildman–Crippen LogP) is 5.38. The largest absolute Gasteiger partial charge is 0.492 e. The zero-order valence-electron chi connectivity index (χ0n) is 22.0. The van der Waals surface area contributed by atoms with E-state index < -0.39 is 0 Å². The molecule has 2 fully saturated rings. The quantitative estimate of drug-likeness (QED) is 0.402. The van der Waals surface area contributed by atoms with Gasteiger partial charge in [-0.2, -0.15) is 0 Å². The van der Waals surface area contributed by atoms with Crippen LogP contribution in [0.2, 0.25) is 0 Å². The van der Waals surface area contributed by atoms with Gasteiger partial charge in [0.2, 0.25) is 0 Å². The monoisotopic (exact) mass is 514 g/mol. The van der Waals surface area contributed by atoms with E-state index in [1.807, 2.05) is 36.4 Å². The number of carbonyl (C=O) groups excluding carboxylic acids is 1. The van der Waals surface area contributed by atoms with E-state index >= 15 is 0 Å². The van der Waals surface area contributed by atoms with Gasteiger partial charge in [0, 0.05) is 50.6 Å². The molecule has 0 saturated carbocycles. The predicted molar refractivity (Wildman–Crippen MR) is 153 cm³/mol. The van der Waals surface area contributed by atoms with Gasteiger partial charge >= 0.3 is 6.03 Å². The fourth-order valence-corrected chi connectivity index (χ4v) is 4.98. The van der Waals surface area contributed by atoms with Crippen LogP contribution in [0.4, 0.5) is 16.2 Å². The number of piperidine rings is 1. The second kappa shape index (κ2) is 13.3. The molecule has 200 valence electrons. The van der Waals surface area contributed by atoms with Crippen molar-refractivity contribution in [1.82, 2.24) is 10.2 Å². The number of morpholine rings is 1. The van der Waals surface area contributed by atoms with Gasteiger partial charge in [0.15, 0.2) is 0 Å². The lowest BCUT2D eigenvalue weighted by Crippen LogP contribution is -2.38. The minimum atomic E-state index is -0.209. The topological polar surface area (TPSA) is 66.1 Å². The highest BCUT2D eigenvalue weighted by Crippen LogP contribution is 2.24. The number of nitrogens with zero attached hydrogens (tertiary/aromatic N) is 2. The summed E-state index contributed by atoms with van der Waals surface area (Å²) in [6.07, 6.45) is 3.81. The second-order valence-electron chi connectivity index (χ2n) is 9.93. The van der Waals surface area contributed by atoms with Crippen LogP contribution >= 0.6 is 0 Å². The van der Waals surface area contributed by atoms with Crippen LogP contribution in [0.1, 0.15) is 24.8 Å². The first-order chi connectivity index (χ1) is 18.7. The van der Waals surface area contributed by atoms with Crippen LogP contribution in [0.25, 0.3) is 11.1 Å². The molecule has 2 aliphatic heterocycles. The molecule has 2 saturated heterocycles. The number of ether oxygens (including phenoxy) is 2. The first-order valence-electron chi connectivity index (χ1n) is 13.8. The van der Waals surface area contributed by atoms with Crippen molar-refractivity contribution in [2.75, 3.05) is 62.8 Å². The van der Waals surface area contributed by atoms with Gasteiger partial charge in [0.1, 0.15) is 12.4 Å². The highest BCUT2D eigenvalue weighted by atomic mass is 16.5. The molecule has 0 radical (unpaired) electrons. The van der Waals surface area contributed by atoms with Crippen molar-refractivity contribution in [2.24, 2.45) is 0 Å². The van der Waals surface area contributed by atoms with E-state index in [0.717, 1.165) is 74.1 Å². The first-order valence-corrected chi connectivity index (χ1v) is 13.8. The summed E-state index contributed by atoms with van der Waals surface area (Å²) >= 11 is 0. The van der Waals surface area contributed by atoms with Gasteiger partial charge in [-0.05, 0) is 72.4 Å². The first kappa shape index (κ1) is 26.1. The van der Waals surface area contributed by atoms with E-state index in [-0.39, 0.29) is 6.03 Å². The SMILES string of the molecule is O=C(NCc1cccc(N2CCCCC2)c1)Nc1ccc(-c2ccc(OCCN3CCOCC3)cc2)cc1. The molecule has 0 aromatic heterocycles. The normalized spacial score (nSPS) is 16.2. The average Bonchev–Trinajstić information content (AvgIpc) is 2.98. The molecule has 0 atom stereocenters. The second-order valence-corrected chi connectivity index (χ2v) is 9.93. The third-order valence-electron chi connectivity index (χ3n) is 7.20. The Balaban J connectivity index is 1.07. The van der Waals surface area contributed by atoms with Crippen molar-refractivity contribution in [3.05, 3.63) is 78.4 Å². The molecule has 38 heavy (non-hydrogen) atoms. The lowest BCUT2D eigenvalue weighted by Gasteiger charge is -2.29. The van der Waals surface area contributed by atoms with Crippen LogP contribution in [0.3, 0.4) is 0 Å². The van der Waals surface area contributed by atoms with E-state index in [1.54, 1.807) is 0 Å². The molecule has 0 spiro atoms. The molecule has 2 N–H and O–H groups in total. The third-order valence-corrected chi connectivity index (χ3v) is 7.20. The summed E-state index contributed by atoms with van der Waals surface area (Å²) in [5, 5.41) is 5.91. The number of benzene rings is 3. The van der Waals surface area contributed by atoms with Crippen molar-refractivity contribution < 1.29 is 14.3 Å². The van der Waals surface area contributed by atoms with Crippen molar-refractivity contribution in [1.29, 1.82) is 0 Å². The molecule has 0 aliphatic carbocycles. The Morgan fingerprint density at radius 1 is 0.842 bits per heavy atom. The van der Waals surface area contributed by atoms with Crippen molar-refractivity contribution in [3.8, 4) is 16.9 Å². The molecule has 5 rings (SSSR count). The summed E-state index contributed by atoms with van der Waals surface area (Å²) in [5.74, 6) is 0.874. The van der Waals surface area contributed by atoms with Gasteiger partial charge in [-0.25, -0.2) is 4.79 Å². The Kier molecular flexibility index (Phi) is 9.13. The number of urea groups is 1. The van der Waals surface area contributed by atoms with Gasteiger partial charge in [0.25, 0.3) is 0 Å². The van der Waals surface area contributed by atoms with Crippen LogP contribution in [0.15, 0.2) is 72.8 Å². The maximum absolute atomic E-state index is 12.5. The number of carbonyl (C=O) groups is 1. The smallest absolute Gasteiger partial charge is 0.319 e. The van der Waals surface area contributed by atoms with E-state index in [0.29, 0.717) is 13.2 Å². The highest BCUT2D eigenvalue weighted by molar-refractivity contribution is 5.89. The van der Waals surface area contributed by atoms with Crippen molar-refractivity contribution in [2.45, 2.75) is 25.8 Å². The molecule has 0 bridgehead atoms. The summed E-state index contributed by atoms with van der Waals surface area (Å²) < 4.78 is 11.3. The Morgan fingerprint density at radius 3 is 2.29 bits per heavy atom. The van der Waals surface area contributed by atoms with Gasteiger partial charge < -0.3 is 25.0 Å². The Labute approximate surface area is 225 Å². The maximum Gasteiger partial charge on any atom is 0.319 e. The molecular weight excluding hydrogens is 476 g/mol. The number of amides is 2. The van der Waals surface area contributed by atoms with Crippen LogP contribution in [0.5, 0.6) is 5.75 Å². The Bertz CT molecular complexity index is 1150. The minimum absolute atomic E-state index is 0.209. The van der Waals surface area contributed by atoms with Gasteiger partial charge in [-0.15, -0.1) is 0 Å². The molecule has 2 amide bonds. The van der Waals surface area contributed by atoms with Crippen molar-refractivity contribution >= 4 is 17.4 Å². The Morgan fingerprint density at radius 2 is 1.55 bits per heavy atom. The maximum atomic E-state index is 12.5. The molecular formula is C31H38N4O3. The van der Waals surface area contributed by atoms with E-state index in [1.165, 1.54) is 24.9 Å². The molecule has 2 aliphatic rings. The zero-order valence-corrected chi connectivity index (χ0v) is 22.0. The van der Waals surface area contributed by atoms with Gasteiger partial charge in [-0.3, -0.25) is 4.90 Å². The van der Waals surface area contributed by atoms with Crippen LogP contribution in [0, 0.1) is 0 Å². The fourth-order valence-electron chi connectivity index (χ4n) is 4.98. The number of anilines is 2. The number of hydrogen-bond acceptors (Lipinski definition) is 5. The summed E-state index contributed by atoms with van der Waals surface area (Å²) in [6.45, 7) is 7.86. The molecule has 7 nitrogen and oxygen atoms in total. The molecule has 3 aromatic rings. The van der Waals surface area contributed by atoms with E-state index in [4.69, 9.17) is 9.47 Å². The summed E-state index contributed by atoms with van der Waals surface area (Å²) in [7, 11) is 0. The Hall–Kier alpha value is -3.55. The zero-order chi connectivity index (χ0) is 26.0. The molecule has 3 aromatic carbocycles. The average molecular weight is 515 g/mol. The molecule has 0 unspecified atom stereocenters. The van der Waals surface area contributed by atoms with Crippen LogP contribution in [-0.4, -0.2) is 63.5 Å². The lowest BCUT2D eigenvalue weighted by atomic mass is 10.1. The summed E-state index contributed by atoms with van der Waals surface area (Å²) in [5.41, 5.74) is 5.30. The minimum Gasteiger partial charge on any atom is -0.492 e. The highest BCUT2D eigenvalue weighted by Gasteiger charge is 2.12.